The Balaban J connectivity index is 2.04. The zero-order valence-electron chi connectivity index (χ0n) is 14.0. The molecule has 0 saturated heterocycles. The van der Waals surface area contributed by atoms with Gasteiger partial charge in [-0.2, -0.15) is 13.2 Å². The number of rotatable bonds is 5. The van der Waals surface area contributed by atoms with E-state index in [-0.39, 0.29) is 5.95 Å². The third-order valence-electron chi connectivity index (χ3n) is 3.79. The zero-order valence-corrected chi connectivity index (χ0v) is 14.0. The van der Waals surface area contributed by atoms with Gasteiger partial charge in [0, 0.05) is 31.2 Å². The van der Waals surface area contributed by atoms with E-state index in [1.54, 1.807) is 42.2 Å². The number of benzene rings is 1. The Morgan fingerprint density at radius 3 is 2.54 bits per heavy atom. The van der Waals surface area contributed by atoms with Crippen molar-refractivity contribution in [2.45, 2.75) is 12.2 Å². The Bertz CT molecular complexity index is 894. The van der Waals surface area contributed by atoms with Gasteiger partial charge in [-0.25, -0.2) is 15.0 Å². The lowest BCUT2D eigenvalue weighted by Gasteiger charge is -2.21. The van der Waals surface area contributed by atoms with Crippen LogP contribution in [0.4, 0.5) is 19.1 Å². The number of hydrogen-bond acceptors (Lipinski definition) is 5. The highest BCUT2D eigenvalue weighted by molar-refractivity contribution is 5.44. The van der Waals surface area contributed by atoms with Crippen LogP contribution in [0.2, 0.25) is 0 Å². The molecule has 1 aromatic carbocycles. The van der Waals surface area contributed by atoms with Crippen LogP contribution in [0.15, 0.2) is 48.9 Å². The van der Waals surface area contributed by atoms with Gasteiger partial charge < -0.3 is 14.6 Å². The lowest BCUT2D eigenvalue weighted by Crippen LogP contribution is -2.20. The van der Waals surface area contributed by atoms with Crippen LogP contribution in [-0.4, -0.2) is 26.6 Å². The van der Waals surface area contributed by atoms with Crippen molar-refractivity contribution < 1.29 is 17.9 Å². The van der Waals surface area contributed by atoms with Gasteiger partial charge in [0.2, 0.25) is 5.95 Å². The SMILES string of the molecule is COc1ccccc1C(Nc1nccc(C(F)(F)F)n1)c1nccn1C. The number of methoxy groups -OCH3 is 1. The topological polar surface area (TPSA) is 64.9 Å². The minimum Gasteiger partial charge on any atom is -0.496 e. The second kappa shape index (κ2) is 7.03. The first-order chi connectivity index (χ1) is 12.4. The molecule has 1 N–H and O–H groups in total. The lowest BCUT2D eigenvalue weighted by atomic mass is 10.0. The van der Waals surface area contributed by atoms with Gasteiger partial charge in [-0.1, -0.05) is 18.2 Å². The minimum atomic E-state index is -4.55. The fourth-order valence-corrected chi connectivity index (χ4v) is 2.56. The van der Waals surface area contributed by atoms with E-state index in [0.717, 1.165) is 12.3 Å². The molecular weight excluding hydrogens is 347 g/mol. The second-order valence-electron chi connectivity index (χ2n) is 5.48. The van der Waals surface area contributed by atoms with Crippen molar-refractivity contribution in [1.29, 1.82) is 0 Å². The van der Waals surface area contributed by atoms with Crippen molar-refractivity contribution in [3.8, 4) is 5.75 Å². The Labute approximate surface area is 147 Å². The summed E-state index contributed by atoms with van der Waals surface area (Å²) in [5, 5.41) is 2.94. The fraction of sp³-hybridized carbons (Fsp3) is 0.235. The third kappa shape index (κ3) is 3.61. The largest absolute Gasteiger partial charge is 0.496 e. The molecule has 9 heteroatoms. The highest BCUT2D eigenvalue weighted by Crippen LogP contribution is 2.32. The molecule has 0 spiro atoms. The van der Waals surface area contributed by atoms with E-state index in [1.807, 2.05) is 6.07 Å². The van der Waals surface area contributed by atoms with Crippen molar-refractivity contribution in [2.75, 3.05) is 12.4 Å². The molecule has 0 aliphatic rings. The predicted molar refractivity (Wildman–Crippen MR) is 88.7 cm³/mol. The van der Waals surface area contributed by atoms with Gasteiger partial charge in [-0.15, -0.1) is 0 Å². The van der Waals surface area contributed by atoms with Crippen LogP contribution in [-0.2, 0) is 13.2 Å². The number of aryl methyl sites for hydroxylation is 1. The average Bonchev–Trinajstić information content (AvgIpc) is 3.05. The van der Waals surface area contributed by atoms with Gasteiger partial charge in [0.05, 0.1) is 7.11 Å². The Hall–Kier alpha value is -3.10. The van der Waals surface area contributed by atoms with Crippen LogP contribution in [0.5, 0.6) is 5.75 Å². The molecule has 2 aromatic heterocycles. The number of hydrogen-bond donors (Lipinski definition) is 1. The van der Waals surface area contributed by atoms with Gasteiger partial charge in [-0.3, -0.25) is 0 Å². The number of halogens is 3. The van der Waals surface area contributed by atoms with E-state index >= 15 is 0 Å². The molecule has 136 valence electrons. The average molecular weight is 363 g/mol. The molecule has 0 aliphatic heterocycles. The number of imidazole rings is 1. The smallest absolute Gasteiger partial charge is 0.433 e. The molecule has 0 fully saturated rings. The summed E-state index contributed by atoms with van der Waals surface area (Å²) < 4.78 is 45.9. The first-order valence-corrected chi connectivity index (χ1v) is 7.67. The van der Waals surface area contributed by atoms with Crippen molar-refractivity contribution in [3.63, 3.8) is 0 Å². The quantitative estimate of drug-likeness (QED) is 0.752. The number of nitrogens with zero attached hydrogens (tertiary/aromatic N) is 4. The normalized spacial score (nSPS) is 12.7. The highest BCUT2D eigenvalue weighted by Gasteiger charge is 2.33. The summed E-state index contributed by atoms with van der Waals surface area (Å²) in [4.78, 5) is 11.8. The summed E-state index contributed by atoms with van der Waals surface area (Å²) in [5.74, 6) is 0.995. The first kappa shape index (κ1) is 17.7. The second-order valence-corrected chi connectivity index (χ2v) is 5.48. The Morgan fingerprint density at radius 1 is 1.12 bits per heavy atom. The van der Waals surface area contributed by atoms with Crippen LogP contribution in [0, 0.1) is 0 Å². The first-order valence-electron chi connectivity index (χ1n) is 7.67. The van der Waals surface area contributed by atoms with Crippen LogP contribution < -0.4 is 10.1 Å². The number of alkyl halides is 3. The molecular formula is C17H16F3N5O. The highest BCUT2D eigenvalue weighted by atomic mass is 19.4. The van der Waals surface area contributed by atoms with Crippen LogP contribution in [0.1, 0.15) is 23.1 Å². The van der Waals surface area contributed by atoms with Crippen molar-refractivity contribution in [3.05, 3.63) is 66.0 Å². The summed E-state index contributed by atoms with van der Waals surface area (Å²) in [7, 11) is 3.31. The van der Waals surface area contributed by atoms with E-state index < -0.39 is 17.9 Å². The molecule has 2 heterocycles. The van der Waals surface area contributed by atoms with Crippen LogP contribution in [0.25, 0.3) is 0 Å². The third-order valence-corrected chi connectivity index (χ3v) is 3.79. The molecule has 0 bridgehead atoms. The van der Waals surface area contributed by atoms with E-state index in [2.05, 4.69) is 20.3 Å². The standard InChI is InChI=1S/C17H16F3N5O/c1-25-10-9-21-15(25)14(11-5-3-4-6-12(11)26-2)24-16-22-8-7-13(23-16)17(18,19)20/h3-10,14H,1-2H3,(H,22,23,24). The summed E-state index contributed by atoms with van der Waals surface area (Å²) in [6.07, 6.45) is -0.142. The molecule has 26 heavy (non-hydrogen) atoms. The van der Waals surface area contributed by atoms with Crippen LogP contribution in [0.3, 0.4) is 0 Å². The van der Waals surface area contributed by atoms with Crippen LogP contribution >= 0.6 is 0 Å². The molecule has 1 atom stereocenters. The maximum absolute atomic E-state index is 12.9. The van der Waals surface area contributed by atoms with Crippen molar-refractivity contribution in [2.24, 2.45) is 7.05 Å². The summed E-state index contributed by atoms with van der Waals surface area (Å²) in [6, 6.07) is 7.40. The molecule has 3 rings (SSSR count). The van der Waals surface area contributed by atoms with E-state index in [0.29, 0.717) is 17.1 Å². The number of aromatic nitrogens is 4. The molecule has 1 unspecified atom stereocenters. The summed E-state index contributed by atoms with van der Waals surface area (Å²) in [6.45, 7) is 0. The number of nitrogens with one attached hydrogen (secondary N) is 1. The van der Waals surface area contributed by atoms with E-state index in [1.165, 1.54) is 7.11 Å². The van der Waals surface area contributed by atoms with Gasteiger partial charge in [0.1, 0.15) is 23.3 Å². The molecule has 0 saturated carbocycles. The fourth-order valence-electron chi connectivity index (χ4n) is 2.56. The summed E-state index contributed by atoms with van der Waals surface area (Å²) >= 11 is 0. The summed E-state index contributed by atoms with van der Waals surface area (Å²) in [5.41, 5.74) is -0.320. The molecule has 0 radical (unpaired) electrons. The number of ether oxygens (including phenoxy) is 1. The van der Waals surface area contributed by atoms with E-state index in [9.17, 15) is 13.2 Å². The minimum absolute atomic E-state index is 0.154. The predicted octanol–water partition coefficient (Wildman–Crippen LogP) is 3.44. The lowest BCUT2D eigenvalue weighted by molar-refractivity contribution is -0.141. The van der Waals surface area contributed by atoms with Gasteiger partial charge >= 0.3 is 6.18 Å². The maximum atomic E-state index is 12.9. The monoisotopic (exact) mass is 363 g/mol. The van der Waals surface area contributed by atoms with Gasteiger partial charge in [0.15, 0.2) is 0 Å². The van der Waals surface area contributed by atoms with Gasteiger partial charge in [-0.05, 0) is 12.1 Å². The van der Waals surface area contributed by atoms with E-state index in [4.69, 9.17) is 4.74 Å². The molecule has 0 amide bonds. The number of anilines is 1. The van der Waals surface area contributed by atoms with Crippen molar-refractivity contribution in [1.82, 2.24) is 19.5 Å². The molecule has 3 aromatic rings. The Morgan fingerprint density at radius 2 is 1.88 bits per heavy atom. The zero-order chi connectivity index (χ0) is 18.7. The molecule has 6 nitrogen and oxygen atoms in total. The Kier molecular flexibility index (Phi) is 4.79. The molecule has 0 aliphatic carbocycles. The van der Waals surface area contributed by atoms with Crippen molar-refractivity contribution >= 4 is 5.95 Å². The maximum Gasteiger partial charge on any atom is 0.433 e. The van der Waals surface area contributed by atoms with Gasteiger partial charge in [0.25, 0.3) is 0 Å². The number of para-hydroxylation sites is 1.